The van der Waals surface area contributed by atoms with Gasteiger partial charge in [0, 0.05) is 19.2 Å². The average molecular weight is 536 g/mol. The zero-order valence-corrected chi connectivity index (χ0v) is 21.9. The molecule has 206 valence electrons. The van der Waals surface area contributed by atoms with Crippen LogP contribution in [0.1, 0.15) is 71.5 Å². The summed E-state index contributed by atoms with van der Waals surface area (Å²) in [5.41, 5.74) is 1.32. The Morgan fingerprint density at radius 3 is 2.62 bits per heavy atom. The maximum absolute atomic E-state index is 13.5. The van der Waals surface area contributed by atoms with Crippen LogP contribution in [0, 0.1) is 5.92 Å². The van der Waals surface area contributed by atoms with Crippen molar-refractivity contribution < 1.29 is 23.6 Å². The molecule has 3 atom stereocenters. The highest BCUT2D eigenvalue weighted by Gasteiger charge is 2.32. The number of H-pyrrole nitrogens is 1. The molecule has 0 fully saturated rings. The van der Waals surface area contributed by atoms with Crippen molar-refractivity contribution in [1.29, 1.82) is 0 Å². The van der Waals surface area contributed by atoms with Gasteiger partial charge in [-0.25, -0.2) is 4.98 Å². The van der Waals surface area contributed by atoms with Crippen LogP contribution in [0.4, 0.5) is 0 Å². The van der Waals surface area contributed by atoms with Gasteiger partial charge in [-0.05, 0) is 30.7 Å². The fraction of sp³-hybridized carbons (Fsp3) is 0.407. The predicted octanol–water partition coefficient (Wildman–Crippen LogP) is 1.65. The molecular formula is C27H33N7O5. The molecule has 1 aliphatic rings. The van der Waals surface area contributed by atoms with E-state index in [1.54, 1.807) is 0 Å². The van der Waals surface area contributed by atoms with E-state index in [-0.39, 0.29) is 23.1 Å². The number of benzene rings is 1. The van der Waals surface area contributed by atoms with Gasteiger partial charge in [-0.3, -0.25) is 24.3 Å². The van der Waals surface area contributed by atoms with Crippen molar-refractivity contribution in [3.05, 3.63) is 71.7 Å². The Morgan fingerprint density at radius 2 is 1.90 bits per heavy atom. The Hall–Kier alpha value is -4.48. The average Bonchev–Trinajstić information content (AvgIpc) is 3.63. The molecular weight excluding hydrogens is 502 g/mol. The van der Waals surface area contributed by atoms with Crippen molar-refractivity contribution >= 4 is 23.6 Å². The number of aromatic amines is 1. The minimum Gasteiger partial charge on any atom is -0.446 e. The quantitative estimate of drug-likeness (QED) is 0.331. The van der Waals surface area contributed by atoms with Gasteiger partial charge >= 0.3 is 0 Å². The van der Waals surface area contributed by atoms with Gasteiger partial charge in [-0.2, -0.15) is 5.10 Å². The van der Waals surface area contributed by atoms with Crippen molar-refractivity contribution in [3.8, 4) is 0 Å². The molecule has 39 heavy (non-hydrogen) atoms. The molecule has 1 aromatic carbocycles. The molecule has 3 aromatic rings. The van der Waals surface area contributed by atoms with E-state index < -0.39 is 41.8 Å². The molecule has 5 N–H and O–H groups in total. The van der Waals surface area contributed by atoms with Crippen molar-refractivity contribution in [2.75, 3.05) is 6.54 Å². The Labute approximate surface area is 225 Å². The minimum atomic E-state index is -0.894. The molecule has 12 nitrogen and oxygen atoms in total. The third-order valence-corrected chi connectivity index (χ3v) is 6.49. The third-order valence-electron chi connectivity index (χ3n) is 6.49. The highest BCUT2D eigenvalue weighted by molar-refractivity contribution is 5.98. The molecule has 2 bridgehead atoms. The highest BCUT2D eigenvalue weighted by Crippen LogP contribution is 2.20. The van der Waals surface area contributed by atoms with Crippen molar-refractivity contribution in [2.24, 2.45) is 5.92 Å². The summed E-state index contributed by atoms with van der Waals surface area (Å²) in [5.74, 6) is -1.85. The number of nitrogens with zero attached hydrogens (tertiary/aromatic N) is 2. The second-order valence-electron chi connectivity index (χ2n) is 9.82. The number of carbonyl (C=O) groups is 4. The van der Waals surface area contributed by atoms with Crippen LogP contribution in [0.3, 0.4) is 0 Å². The Bertz CT molecular complexity index is 1270. The van der Waals surface area contributed by atoms with Gasteiger partial charge in [0.05, 0.1) is 11.8 Å². The molecule has 0 saturated carbocycles. The molecule has 0 radical (unpaired) electrons. The van der Waals surface area contributed by atoms with Crippen LogP contribution in [-0.4, -0.2) is 57.4 Å². The van der Waals surface area contributed by atoms with Gasteiger partial charge in [-0.1, -0.05) is 44.2 Å². The number of amides is 4. The molecule has 2 aromatic heterocycles. The molecule has 0 unspecified atom stereocenters. The van der Waals surface area contributed by atoms with Gasteiger partial charge in [-0.15, -0.1) is 0 Å². The fourth-order valence-electron chi connectivity index (χ4n) is 4.30. The Morgan fingerprint density at radius 1 is 1.10 bits per heavy atom. The van der Waals surface area contributed by atoms with Crippen LogP contribution in [0.25, 0.3) is 0 Å². The van der Waals surface area contributed by atoms with E-state index in [9.17, 15) is 19.2 Å². The molecule has 12 heteroatoms. The van der Waals surface area contributed by atoms with E-state index >= 15 is 0 Å². The summed E-state index contributed by atoms with van der Waals surface area (Å²) in [4.78, 5) is 56.6. The summed E-state index contributed by atoms with van der Waals surface area (Å²) in [5, 5.41) is 17.7. The Kier molecular flexibility index (Phi) is 9.08. The second-order valence-corrected chi connectivity index (χ2v) is 9.82. The zero-order chi connectivity index (χ0) is 27.8. The number of hydrogen-bond acceptors (Lipinski definition) is 7. The highest BCUT2D eigenvalue weighted by atomic mass is 16.3. The van der Waals surface area contributed by atoms with Gasteiger partial charge in [0.25, 0.3) is 11.8 Å². The number of carbonyl (C=O) groups excluding carboxylic acids is 4. The fourth-order valence-corrected chi connectivity index (χ4v) is 4.30. The van der Waals surface area contributed by atoms with Crippen LogP contribution >= 0.6 is 0 Å². The van der Waals surface area contributed by atoms with Gasteiger partial charge in [0.1, 0.15) is 24.4 Å². The number of rotatable bonds is 5. The zero-order valence-electron chi connectivity index (χ0n) is 21.9. The lowest BCUT2D eigenvalue weighted by Crippen LogP contribution is -2.56. The molecule has 0 spiro atoms. The van der Waals surface area contributed by atoms with Crippen LogP contribution in [-0.2, 0) is 16.0 Å². The van der Waals surface area contributed by atoms with Crippen LogP contribution in [0.15, 0.2) is 53.4 Å². The van der Waals surface area contributed by atoms with Gasteiger partial charge in [0.15, 0.2) is 5.69 Å². The van der Waals surface area contributed by atoms with Gasteiger partial charge < -0.3 is 25.7 Å². The standard InChI is InChI=1S/C27H33N7O5/c1-16(2)22-26(38)32-20(12-17-8-4-3-5-9-17)27-33-21(15-39-27)24(36)28-11-7-6-10-19(25(37)34-22)31-23(35)18-13-29-30-14-18/h3-5,8-9,13-16,19-20,22H,6-7,10-12H2,1-2H3,(H,28,36)(H,29,30)(H,31,35)(H,32,38)(H,34,37)/t19-,20+,22-/m0/s1. The first-order chi connectivity index (χ1) is 18.8. The number of fused-ring (bicyclic) bond motifs is 2. The summed E-state index contributed by atoms with van der Waals surface area (Å²) in [7, 11) is 0. The summed E-state index contributed by atoms with van der Waals surface area (Å²) in [6.07, 6.45) is 5.83. The van der Waals surface area contributed by atoms with E-state index in [4.69, 9.17) is 4.42 Å². The maximum Gasteiger partial charge on any atom is 0.273 e. The van der Waals surface area contributed by atoms with E-state index in [0.29, 0.717) is 32.2 Å². The van der Waals surface area contributed by atoms with Crippen LogP contribution in [0.5, 0.6) is 0 Å². The predicted molar refractivity (Wildman–Crippen MR) is 140 cm³/mol. The lowest BCUT2D eigenvalue weighted by Gasteiger charge is -2.27. The monoisotopic (exact) mass is 535 g/mol. The summed E-state index contributed by atoms with van der Waals surface area (Å²) >= 11 is 0. The van der Waals surface area contributed by atoms with Crippen molar-refractivity contribution in [1.82, 2.24) is 36.4 Å². The van der Waals surface area contributed by atoms with Crippen LogP contribution < -0.4 is 21.3 Å². The number of aromatic nitrogens is 3. The normalized spacial score (nSPS) is 21.1. The summed E-state index contributed by atoms with van der Waals surface area (Å²) < 4.78 is 5.63. The number of nitrogens with one attached hydrogen (secondary N) is 5. The maximum atomic E-state index is 13.5. The lowest BCUT2D eigenvalue weighted by molar-refractivity contribution is -0.131. The lowest BCUT2D eigenvalue weighted by atomic mass is 10.00. The summed E-state index contributed by atoms with van der Waals surface area (Å²) in [6.45, 7) is 3.99. The molecule has 0 aliphatic carbocycles. The summed E-state index contributed by atoms with van der Waals surface area (Å²) in [6, 6.07) is 7.01. The molecule has 0 saturated heterocycles. The van der Waals surface area contributed by atoms with Crippen LogP contribution in [0.2, 0.25) is 0 Å². The van der Waals surface area contributed by atoms with E-state index in [1.165, 1.54) is 18.7 Å². The molecule has 4 amide bonds. The Balaban J connectivity index is 1.60. The smallest absolute Gasteiger partial charge is 0.273 e. The van der Waals surface area contributed by atoms with E-state index in [0.717, 1.165) is 5.56 Å². The van der Waals surface area contributed by atoms with E-state index in [1.807, 2.05) is 44.2 Å². The molecule has 3 heterocycles. The number of oxazole rings is 1. The first-order valence-corrected chi connectivity index (χ1v) is 13.0. The van der Waals surface area contributed by atoms with Crippen molar-refractivity contribution in [2.45, 2.75) is 57.7 Å². The largest absolute Gasteiger partial charge is 0.446 e. The minimum absolute atomic E-state index is 0.114. The number of hydrogen-bond donors (Lipinski definition) is 5. The topological polar surface area (TPSA) is 171 Å². The molecule has 1 aliphatic heterocycles. The second kappa shape index (κ2) is 12.9. The SMILES string of the molecule is CC(C)[C@@H]1NC(=O)[C@@H](NC(=O)c2cn[nH]c2)CCCCNC(=O)c2coc(n2)[C@@H](Cc2ccccc2)NC1=O. The van der Waals surface area contributed by atoms with Crippen molar-refractivity contribution in [3.63, 3.8) is 0 Å². The first kappa shape index (κ1) is 27.6. The third kappa shape index (κ3) is 7.30. The van der Waals surface area contributed by atoms with Gasteiger partial charge in [0.2, 0.25) is 17.7 Å². The first-order valence-electron chi connectivity index (χ1n) is 13.0. The van der Waals surface area contributed by atoms with E-state index in [2.05, 4.69) is 36.4 Å². The molecule has 4 rings (SSSR count).